The third kappa shape index (κ3) is 3.96. The minimum Gasteiger partial charge on any atom is -0.441 e. The predicted octanol–water partition coefficient (Wildman–Crippen LogP) is 3.23. The SMILES string of the molecule is C=CCNC(=O)CCc1ncc(-c2ccc(Cl)cc2)o1. The summed E-state index contributed by atoms with van der Waals surface area (Å²) >= 11 is 5.83. The number of nitrogens with one attached hydrogen (secondary N) is 1. The highest BCUT2D eigenvalue weighted by Crippen LogP contribution is 2.22. The van der Waals surface area contributed by atoms with Crippen molar-refractivity contribution < 1.29 is 9.21 Å². The Morgan fingerprint density at radius 3 is 2.85 bits per heavy atom. The van der Waals surface area contributed by atoms with Crippen LogP contribution in [0.1, 0.15) is 12.3 Å². The fourth-order valence-electron chi connectivity index (χ4n) is 1.67. The van der Waals surface area contributed by atoms with Gasteiger partial charge in [-0.05, 0) is 24.3 Å². The number of benzene rings is 1. The first-order valence-corrected chi connectivity index (χ1v) is 6.65. The molecule has 5 heteroatoms. The van der Waals surface area contributed by atoms with Crippen LogP contribution in [-0.2, 0) is 11.2 Å². The van der Waals surface area contributed by atoms with Gasteiger partial charge in [-0.1, -0.05) is 17.7 Å². The van der Waals surface area contributed by atoms with Crippen molar-refractivity contribution in [3.63, 3.8) is 0 Å². The molecule has 0 saturated carbocycles. The van der Waals surface area contributed by atoms with Crippen molar-refractivity contribution in [2.75, 3.05) is 6.54 Å². The van der Waals surface area contributed by atoms with E-state index in [0.717, 1.165) is 5.56 Å². The molecular formula is C15H15ClN2O2. The van der Waals surface area contributed by atoms with E-state index < -0.39 is 0 Å². The van der Waals surface area contributed by atoms with Crippen molar-refractivity contribution in [2.24, 2.45) is 0 Å². The number of carbonyl (C=O) groups is 1. The van der Waals surface area contributed by atoms with E-state index in [-0.39, 0.29) is 5.91 Å². The summed E-state index contributed by atoms with van der Waals surface area (Å²) in [5.41, 5.74) is 0.907. The maximum atomic E-state index is 11.4. The molecule has 1 N–H and O–H groups in total. The third-order valence-electron chi connectivity index (χ3n) is 2.69. The molecule has 0 aliphatic heterocycles. The Kier molecular flexibility index (Phi) is 4.96. The molecule has 1 amide bonds. The average molecular weight is 291 g/mol. The lowest BCUT2D eigenvalue weighted by Crippen LogP contribution is -2.23. The van der Waals surface area contributed by atoms with Crippen molar-refractivity contribution >= 4 is 17.5 Å². The van der Waals surface area contributed by atoms with Crippen LogP contribution in [0, 0.1) is 0 Å². The third-order valence-corrected chi connectivity index (χ3v) is 2.94. The lowest BCUT2D eigenvalue weighted by molar-refractivity contribution is -0.120. The summed E-state index contributed by atoms with van der Waals surface area (Å²) in [4.78, 5) is 15.6. The topological polar surface area (TPSA) is 55.1 Å². The maximum absolute atomic E-state index is 11.4. The van der Waals surface area contributed by atoms with Gasteiger partial charge in [0.25, 0.3) is 0 Å². The number of hydrogen-bond donors (Lipinski definition) is 1. The van der Waals surface area contributed by atoms with Gasteiger partial charge in [-0.15, -0.1) is 6.58 Å². The predicted molar refractivity (Wildman–Crippen MR) is 78.5 cm³/mol. The lowest BCUT2D eigenvalue weighted by Gasteiger charge is -2.00. The zero-order chi connectivity index (χ0) is 14.4. The van der Waals surface area contributed by atoms with Crippen LogP contribution >= 0.6 is 11.6 Å². The van der Waals surface area contributed by atoms with Crippen LogP contribution in [0.3, 0.4) is 0 Å². The minimum absolute atomic E-state index is 0.0452. The van der Waals surface area contributed by atoms with E-state index in [0.29, 0.717) is 36.1 Å². The number of rotatable bonds is 6. The van der Waals surface area contributed by atoms with Crippen LogP contribution in [0.25, 0.3) is 11.3 Å². The number of aromatic nitrogens is 1. The molecule has 0 aliphatic rings. The monoisotopic (exact) mass is 290 g/mol. The number of hydrogen-bond acceptors (Lipinski definition) is 3. The second-order valence-corrected chi connectivity index (χ2v) is 4.65. The highest BCUT2D eigenvalue weighted by molar-refractivity contribution is 6.30. The van der Waals surface area contributed by atoms with E-state index in [1.165, 1.54) is 0 Å². The molecule has 1 aromatic heterocycles. The maximum Gasteiger partial charge on any atom is 0.220 e. The molecule has 4 nitrogen and oxygen atoms in total. The fraction of sp³-hybridized carbons (Fsp3) is 0.200. The summed E-state index contributed by atoms with van der Waals surface area (Å²) in [6.45, 7) is 4.01. The van der Waals surface area contributed by atoms with E-state index >= 15 is 0 Å². The van der Waals surface area contributed by atoms with Gasteiger partial charge in [0.1, 0.15) is 0 Å². The normalized spacial score (nSPS) is 10.2. The summed E-state index contributed by atoms with van der Waals surface area (Å²) < 4.78 is 5.61. The molecule has 0 radical (unpaired) electrons. The average Bonchev–Trinajstić information content (AvgIpc) is 2.92. The van der Waals surface area contributed by atoms with Crippen LogP contribution in [-0.4, -0.2) is 17.4 Å². The molecule has 0 fully saturated rings. The van der Waals surface area contributed by atoms with Gasteiger partial charge in [-0.2, -0.15) is 0 Å². The molecule has 104 valence electrons. The Hall–Kier alpha value is -2.07. The van der Waals surface area contributed by atoms with Crippen LogP contribution in [0.4, 0.5) is 0 Å². The number of carbonyl (C=O) groups excluding carboxylic acids is 1. The van der Waals surface area contributed by atoms with Crippen LogP contribution in [0.15, 0.2) is 47.5 Å². The molecule has 0 unspecified atom stereocenters. The smallest absolute Gasteiger partial charge is 0.220 e. The Balaban J connectivity index is 1.94. The second kappa shape index (κ2) is 6.91. The van der Waals surface area contributed by atoms with Gasteiger partial charge in [0.05, 0.1) is 6.20 Å². The molecule has 0 aliphatic carbocycles. The Bertz CT molecular complexity index is 590. The van der Waals surface area contributed by atoms with Crippen molar-refractivity contribution in [1.82, 2.24) is 10.3 Å². The quantitative estimate of drug-likeness (QED) is 0.831. The highest BCUT2D eigenvalue weighted by atomic mass is 35.5. The lowest BCUT2D eigenvalue weighted by atomic mass is 10.2. The first-order chi connectivity index (χ1) is 9.69. The van der Waals surface area contributed by atoms with Gasteiger partial charge in [-0.3, -0.25) is 4.79 Å². The van der Waals surface area contributed by atoms with Gasteiger partial charge < -0.3 is 9.73 Å². The zero-order valence-electron chi connectivity index (χ0n) is 10.9. The van der Waals surface area contributed by atoms with Crippen LogP contribution < -0.4 is 5.32 Å². The van der Waals surface area contributed by atoms with E-state index in [9.17, 15) is 4.79 Å². The van der Waals surface area contributed by atoms with E-state index in [2.05, 4.69) is 16.9 Å². The number of aryl methyl sites for hydroxylation is 1. The molecule has 20 heavy (non-hydrogen) atoms. The standard InChI is InChI=1S/C15H15ClN2O2/c1-2-9-17-14(19)7-8-15-18-10-13(20-15)11-3-5-12(16)6-4-11/h2-6,10H,1,7-9H2,(H,17,19). The van der Waals surface area contributed by atoms with Crippen molar-refractivity contribution in [3.8, 4) is 11.3 Å². The number of oxazole rings is 1. The van der Waals surface area contributed by atoms with E-state index in [4.69, 9.17) is 16.0 Å². The molecule has 0 spiro atoms. The van der Waals surface area contributed by atoms with Gasteiger partial charge in [0, 0.05) is 30.0 Å². The fourth-order valence-corrected chi connectivity index (χ4v) is 1.79. The van der Waals surface area contributed by atoms with Crippen molar-refractivity contribution in [1.29, 1.82) is 0 Å². The van der Waals surface area contributed by atoms with Crippen molar-refractivity contribution in [3.05, 3.63) is 54.0 Å². The molecule has 2 rings (SSSR count). The molecule has 0 bridgehead atoms. The van der Waals surface area contributed by atoms with E-state index in [1.54, 1.807) is 24.4 Å². The van der Waals surface area contributed by atoms with Gasteiger partial charge >= 0.3 is 0 Å². The van der Waals surface area contributed by atoms with Crippen molar-refractivity contribution in [2.45, 2.75) is 12.8 Å². The van der Waals surface area contributed by atoms with E-state index in [1.807, 2.05) is 12.1 Å². The van der Waals surface area contributed by atoms with Gasteiger partial charge in [-0.25, -0.2) is 4.98 Å². The Labute approximate surface area is 122 Å². The minimum atomic E-state index is -0.0452. The Morgan fingerprint density at radius 1 is 1.40 bits per heavy atom. The molecule has 0 atom stereocenters. The summed E-state index contributed by atoms with van der Waals surface area (Å²) in [7, 11) is 0. The summed E-state index contributed by atoms with van der Waals surface area (Å²) in [6, 6.07) is 7.32. The number of halogens is 1. The molecule has 0 saturated heterocycles. The van der Waals surface area contributed by atoms with Gasteiger partial charge in [0.15, 0.2) is 11.7 Å². The molecule has 2 aromatic rings. The molecular weight excluding hydrogens is 276 g/mol. The number of nitrogens with zero attached hydrogens (tertiary/aromatic N) is 1. The first-order valence-electron chi connectivity index (χ1n) is 6.27. The van der Waals surface area contributed by atoms with Gasteiger partial charge in [0.2, 0.25) is 5.91 Å². The van der Waals surface area contributed by atoms with Crippen LogP contribution in [0.5, 0.6) is 0 Å². The van der Waals surface area contributed by atoms with Crippen LogP contribution in [0.2, 0.25) is 5.02 Å². The largest absolute Gasteiger partial charge is 0.441 e. The summed E-state index contributed by atoms with van der Waals surface area (Å²) in [5, 5.41) is 3.38. The summed E-state index contributed by atoms with van der Waals surface area (Å²) in [6.07, 6.45) is 4.10. The zero-order valence-corrected chi connectivity index (χ0v) is 11.7. The first kappa shape index (κ1) is 14.3. The highest BCUT2D eigenvalue weighted by Gasteiger charge is 2.08. The number of amides is 1. The second-order valence-electron chi connectivity index (χ2n) is 4.22. The molecule has 1 aromatic carbocycles. The Morgan fingerprint density at radius 2 is 2.15 bits per heavy atom. The summed E-state index contributed by atoms with van der Waals surface area (Å²) in [5.74, 6) is 1.17. The molecule has 1 heterocycles.